The fourth-order valence-electron chi connectivity index (χ4n) is 10.5. The molecule has 0 saturated carbocycles. The maximum atomic E-state index is 10.3. The summed E-state index contributed by atoms with van der Waals surface area (Å²) >= 11 is 0. The SMILES string of the molecule is N#Cc1ccccc1-c1ccc2c(c1)c1cc(-c3ccccc3C#N)ccc1n2-c1cc(-c2nc(-c3ccccc3)cc(-c3ccccc3)n2)ccc1-c1ccccc1-n1c2ccccc2c2ccccc21. The largest absolute Gasteiger partial charge is 0.309 e. The summed E-state index contributed by atoms with van der Waals surface area (Å²) in [5, 5.41) is 24.9. The van der Waals surface area contributed by atoms with Crippen molar-refractivity contribution < 1.29 is 0 Å². The molecule has 6 heteroatoms. The van der Waals surface area contributed by atoms with Gasteiger partial charge in [0.05, 0.1) is 68.1 Å². The van der Waals surface area contributed by atoms with Gasteiger partial charge in [-0.15, -0.1) is 0 Å². The van der Waals surface area contributed by atoms with Gasteiger partial charge in [0.25, 0.3) is 0 Å². The fourth-order valence-corrected chi connectivity index (χ4v) is 10.5. The van der Waals surface area contributed by atoms with Crippen LogP contribution < -0.4 is 0 Å². The standard InChI is InChI=1S/C66H40N6/c67-41-48-21-7-9-23-50(48)45-32-35-63-56(37-45)57-38-46(51-24-10-8-22-49(51)42-68)33-36-64(57)72(63)65-39-47(66-69-58(43-17-3-1-4-18-43)40-59(70-66)44-19-5-2-6-20-44)31-34-55(65)54-27-13-16-30-62(54)71-60-28-14-11-25-52(60)53-26-12-15-29-61(53)71/h1-40H. The van der Waals surface area contributed by atoms with Crippen molar-refractivity contribution in [1.29, 1.82) is 10.5 Å². The van der Waals surface area contributed by atoms with E-state index in [1.807, 2.05) is 84.9 Å². The molecule has 0 radical (unpaired) electrons. The molecule has 0 aliphatic carbocycles. The number of fused-ring (bicyclic) bond motifs is 6. The van der Waals surface area contributed by atoms with E-state index in [1.165, 1.54) is 10.8 Å². The monoisotopic (exact) mass is 916 g/mol. The summed E-state index contributed by atoms with van der Waals surface area (Å²) in [7, 11) is 0. The minimum absolute atomic E-state index is 0.602. The predicted octanol–water partition coefficient (Wildman–Crippen LogP) is 16.4. The van der Waals surface area contributed by atoms with E-state index in [0.717, 1.165) is 106 Å². The Hall–Kier alpha value is -10.1. The lowest BCUT2D eigenvalue weighted by Crippen LogP contribution is -2.03. The molecule has 0 bridgehead atoms. The number of benzene rings is 10. The number of nitriles is 2. The van der Waals surface area contributed by atoms with Crippen LogP contribution in [-0.4, -0.2) is 19.1 Å². The van der Waals surface area contributed by atoms with E-state index in [-0.39, 0.29) is 0 Å². The summed E-state index contributed by atoms with van der Waals surface area (Å²) in [5.41, 5.74) is 17.6. The van der Waals surface area contributed by atoms with Crippen LogP contribution >= 0.6 is 0 Å². The molecule has 0 amide bonds. The van der Waals surface area contributed by atoms with Gasteiger partial charge in [0.1, 0.15) is 0 Å². The first kappa shape index (κ1) is 42.0. The van der Waals surface area contributed by atoms with Crippen LogP contribution in [0.1, 0.15) is 11.1 Å². The minimum atomic E-state index is 0.602. The Bertz CT molecular complexity index is 4130. The second kappa shape index (κ2) is 17.4. The first-order chi connectivity index (χ1) is 35.6. The summed E-state index contributed by atoms with van der Waals surface area (Å²) in [5.74, 6) is 0.602. The molecule has 0 saturated heterocycles. The number of para-hydroxylation sites is 3. The first-order valence-electron chi connectivity index (χ1n) is 23.9. The average molecular weight is 917 g/mol. The van der Waals surface area contributed by atoms with E-state index in [2.05, 4.69) is 179 Å². The molecule has 13 aromatic rings. The van der Waals surface area contributed by atoms with Gasteiger partial charge in [-0.25, -0.2) is 9.97 Å². The first-order valence-corrected chi connectivity index (χ1v) is 23.9. The quantitative estimate of drug-likeness (QED) is 0.152. The molecule has 0 spiro atoms. The number of rotatable bonds is 8. The Kier molecular flexibility index (Phi) is 10.2. The van der Waals surface area contributed by atoms with Crippen LogP contribution in [0.3, 0.4) is 0 Å². The molecule has 0 N–H and O–H groups in total. The van der Waals surface area contributed by atoms with Crippen molar-refractivity contribution in [3.05, 3.63) is 254 Å². The number of hydrogen-bond donors (Lipinski definition) is 0. The third kappa shape index (κ3) is 7.02. The van der Waals surface area contributed by atoms with E-state index in [0.29, 0.717) is 17.0 Å². The Balaban J connectivity index is 1.13. The van der Waals surface area contributed by atoms with Crippen LogP contribution in [-0.2, 0) is 0 Å². The third-order valence-electron chi connectivity index (χ3n) is 13.9. The summed E-state index contributed by atoms with van der Waals surface area (Å²) < 4.78 is 4.76. The predicted molar refractivity (Wildman–Crippen MR) is 293 cm³/mol. The van der Waals surface area contributed by atoms with Crippen LogP contribution in [0.25, 0.3) is 122 Å². The number of aromatic nitrogens is 4. The van der Waals surface area contributed by atoms with Crippen molar-refractivity contribution in [2.24, 2.45) is 0 Å². The van der Waals surface area contributed by atoms with Gasteiger partial charge in [0, 0.05) is 49.4 Å². The van der Waals surface area contributed by atoms with Gasteiger partial charge in [0.15, 0.2) is 5.82 Å². The average Bonchev–Trinajstić information content (AvgIpc) is 3.97. The summed E-state index contributed by atoms with van der Waals surface area (Å²) in [6.07, 6.45) is 0. The number of nitrogens with zero attached hydrogens (tertiary/aromatic N) is 6. The van der Waals surface area contributed by atoms with Crippen molar-refractivity contribution in [3.8, 4) is 90.8 Å². The lowest BCUT2D eigenvalue weighted by molar-refractivity contribution is 1.15. The molecular formula is C66H40N6. The van der Waals surface area contributed by atoms with Gasteiger partial charge < -0.3 is 9.13 Å². The molecule has 3 aromatic heterocycles. The Labute approximate surface area is 415 Å². The van der Waals surface area contributed by atoms with Crippen LogP contribution in [0.2, 0.25) is 0 Å². The molecule has 0 unspecified atom stereocenters. The van der Waals surface area contributed by atoms with Crippen LogP contribution in [0, 0.1) is 22.7 Å². The smallest absolute Gasteiger partial charge is 0.160 e. The maximum Gasteiger partial charge on any atom is 0.160 e. The van der Waals surface area contributed by atoms with Gasteiger partial charge in [-0.1, -0.05) is 176 Å². The van der Waals surface area contributed by atoms with Crippen LogP contribution in [0.4, 0.5) is 0 Å². The normalized spacial score (nSPS) is 11.3. The summed E-state index contributed by atoms with van der Waals surface area (Å²) in [6, 6.07) is 88.5. The molecule has 334 valence electrons. The van der Waals surface area contributed by atoms with E-state index >= 15 is 0 Å². The summed E-state index contributed by atoms with van der Waals surface area (Å²) in [4.78, 5) is 10.6. The lowest BCUT2D eigenvalue weighted by Gasteiger charge is -2.20. The zero-order chi connectivity index (χ0) is 48.1. The van der Waals surface area contributed by atoms with Gasteiger partial charge in [0.2, 0.25) is 0 Å². The maximum absolute atomic E-state index is 10.3. The molecule has 3 heterocycles. The van der Waals surface area contributed by atoms with E-state index < -0.39 is 0 Å². The van der Waals surface area contributed by atoms with Crippen LogP contribution in [0.15, 0.2) is 243 Å². The second-order valence-electron chi connectivity index (χ2n) is 17.9. The minimum Gasteiger partial charge on any atom is -0.309 e. The van der Waals surface area contributed by atoms with E-state index in [1.54, 1.807) is 0 Å². The highest BCUT2D eigenvalue weighted by Crippen LogP contribution is 2.44. The highest BCUT2D eigenvalue weighted by molar-refractivity contribution is 6.13. The van der Waals surface area contributed by atoms with E-state index in [9.17, 15) is 10.5 Å². The Morgan fingerprint density at radius 2 is 0.708 bits per heavy atom. The molecule has 72 heavy (non-hydrogen) atoms. The molecule has 0 fully saturated rings. The topological polar surface area (TPSA) is 83.2 Å². The van der Waals surface area contributed by atoms with Crippen molar-refractivity contribution in [2.45, 2.75) is 0 Å². The van der Waals surface area contributed by atoms with Gasteiger partial charge in [-0.2, -0.15) is 10.5 Å². The van der Waals surface area contributed by atoms with E-state index in [4.69, 9.17) is 9.97 Å². The number of hydrogen-bond acceptors (Lipinski definition) is 4. The highest BCUT2D eigenvalue weighted by Gasteiger charge is 2.23. The Morgan fingerprint density at radius 1 is 0.292 bits per heavy atom. The van der Waals surface area contributed by atoms with Crippen molar-refractivity contribution in [2.75, 3.05) is 0 Å². The van der Waals surface area contributed by atoms with Crippen molar-refractivity contribution >= 4 is 43.6 Å². The third-order valence-corrected chi connectivity index (χ3v) is 13.9. The van der Waals surface area contributed by atoms with Gasteiger partial charge in [-0.05, 0) is 89.0 Å². The van der Waals surface area contributed by atoms with Crippen molar-refractivity contribution in [3.63, 3.8) is 0 Å². The fraction of sp³-hybridized carbons (Fsp3) is 0. The van der Waals surface area contributed by atoms with Crippen LogP contribution in [0.5, 0.6) is 0 Å². The molecule has 13 rings (SSSR count). The molecule has 0 aliphatic rings. The molecular weight excluding hydrogens is 877 g/mol. The zero-order valence-electron chi connectivity index (χ0n) is 38.8. The van der Waals surface area contributed by atoms with Crippen molar-refractivity contribution in [1.82, 2.24) is 19.1 Å². The van der Waals surface area contributed by atoms with Gasteiger partial charge >= 0.3 is 0 Å². The zero-order valence-corrected chi connectivity index (χ0v) is 38.8. The molecule has 10 aromatic carbocycles. The second-order valence-corrected chi connectivity index (χ2v) is 17.9. The molecule has 6 nitrogen and oxygen atoms in total. The molecule has 0 aliphatic heterocycles. The lowest BCUT2D eigenvalue weighted by atomic mass is 9.96. The highest BCUT2D eigenvalue weighted by atomic mass is 15.0. The Morgan fingerprint density at radius 3 is 1.25 bits per heavy atom. The molecule has 0 atom stereocenters. The van der Waals surface area contributed by atoms with Gasteiger partial charge in [-0.3, -0.25) is 0 Å². The summed E-state index contributed by atoms with van der Waals surface area (Å²) in [6.45, 7) is 0.